The molecule has 3 N–H and O–H groups in total. The second-order valence-corrected chi connectivity index (χ2v) is 7.65. The van der Waals surface area contributed by atoms with Crippen LogP contribution < -0.4 is 15.8 Å². The Morgan fingerprint density at radius 2 is 2.10 bits per heavy atom. The number of carbonyl (C=O) groups excluding carboxylic acids is 2. The molecule has 0 bridgehead atoms. The second-order valence-electron chi connectivity index (χ2n) is 7.65. The number of hydrogen-bond acceptors (Lipinski definition) is 9. The average molecular weight is 426 g/mol. The van der Waals surface area contributed by atoms with Crippen LogP contribution in [0, 0.1) is 0 Å². The van der Waals surface area contributed by atoms with Gasteiger partial charge in [0.25, 0.3) is 5.91 Å². The molecule has 3 rings (SSSR count). The van der Waals surface area contributed by atoms with Gasteiger partial charge in [0, 0.05) is 25.5 Å². The van der Waals surface area contributed by atoms with Gasteiger partial charge in [-0.15, -0.1) is 0 Å². The minimum Gasteiger partial charge on any atom is -0.475 e. The molecular weight excluding hydrogens is 400 g/mol. The van der Waals surface area contributed by atoms with Gasteiger partial charge < -0.3 is 20.7 Å². The molecule has 0 radical (unpaired) electrons. The van der Waals surface area contributed by atoms with Gasteiger partial charge in [0.05, 0.1) is 24.5 Å². The second kappa shape index (κ2) is 9.04. The zero-order valence-electron chi connectivity index (χ0n) is 18.0. The molecule has 1 atom stereocenters. The number of amides is 2. The van der Waals surface area contributed by atoms with Gasteiger partial charge in [-0.1, -0.05) is 0 Å². The minimum atomic E-state index is -0.917. The number of carbonyl (C=O) groups is 2. The zero-order chi connectivity index (χ0) is 22.6. The lowest BCUT2D eigenvalue weighted by atomic mass is 9.91. The van der Waals surface area contributed by atoms with Crippen molar-refractivity contribution >= 4 is 23.5 Å². The number of nitrogens with two attached hydrogens (primary N) is 1. The lowest BCUT2D eigenvalue weighted by Gasteiger charge is -2.32. The van der Waals surface area contributed by atoms with Crippen LogP contribution in [-0.4, -0.2) is 76.8 Å². The molecule has 3 heterocycles. The van der Waals surface area contributed by atoms with Crippen molar-refractivity contribution < 1.29 is 14.3 Å². The van der Waals surface area contributed by atoms with Gasteiger partial charge in [0.1, 0.15) is 17.8 Å². The number of likely N-dealkylation sites (N-methyl/N-ethyl adjacent to an activating group) is 1. The molecule has 1 aliphatic rings. The van der Waals surface area contributed by atoms with E-state index in [-0.39, 0.29) is 24.0 Å². The van der Waals surface area contributed by atoms with E-state index in [1.165, 1.54) is 23.5 Å². The Labute approximate surface area is 180 Å². The Hall–Kier alpha value is -3.60. The summed E-state index contributed by atoms with van der Waals surface area (Å²) < 4.78 is 5.48. The van der Waals surface area contributed by atoms with Gasteiger partial charge in [0.15, 0.2) is 5.96 Å². The van der Waals surface area contributed by atoms with E-state index < -0.39 is 11.4 Å². The highest BCUT2D eigenvalue weighted by Gasteiger charge is 2.37. The predicted octanol–water partition coefficient (Wildman–Crippen LogP) is 0.456. The molecule has 0 aromatic carbocycles. The third-order valence-corrected chi connectivity index (χ3v) is 4.79. The van der Waals surface area contributed by atoms with Crippen molar-refractivity contribution in [2.45, 2.75) is 18.9 Å². The summed E-state index contributed by atoms with van der Waals surface area (Å²) in [6.45, 7) is 2.99. The van der Waals surface area contributed by atoms with Crippen LogP contribution in [0.3, 0.4) is 0 Å². The molecule has 2 aromatic rings. The number of aromatic nitrogens is 3. The fourth-order valence-electron chi connectivity index (χ4n) is 2.89. The van der Waals surface area contributed by atoms with E-state index in [1.54, 1.807) is 26.1 Å². The summed E-state index contributed by atoms with van der Waals surface area (Å²) in [5.41, 5.74) is 6.10. The molecule has 0 fully saturated rings. The highest BCUT2D eigenvalue weighted by molar-refractivity contribution is 6.02. The Balaban J connectivity index is 1.70. The quantitative estimate of drug-likeness (QED) is 0.651. The van der Waals surface area contributed by atoms with Crippen LogP contribution in [0.25, 0.3) is 0 Å². The van der Waals surface area contributed by atoms with E-state index in [1.807, 2.05) is 19.0 Å². The Kier molecular flexibility index (Phi) is 6.44. The number of pyridine rings is 1. The van der Waals surface area contributed by atoms with E-state index >= 15 is 0 Å². The summed E-state index contributed by atoms with van der Waals surface area (Å²) in [4.78, 5) is 45.0. The van der Waals surface area contributed by atoms with Gasteiger partial charge in [-0.25, -0.2) is 15.0 Å². The van der Waals surface area contributed by atoms with Crippen LogP contribution in [-0.2, 0) is 10.3 Å². The third kappa shape index (κ3) is 5.31. The van der Waals surface area contributed by atoms with E-state index in [4.69, 9.17) is 10.5 Å². The summed E-state index contributed by atoms with van der Waals surface area (Å²) in [5, 5.41) is 2.76. The summed E-state index contributed by atoms with van der Waals surface area (Å²) in [5.74, 6) is -0.121. The smallest absolute Gasteiger partial charge is 0.275 e. The third-order valence-electron chi connectivity index (χ3n) is 4.79. The van der Waals surface area contributed by atoms with Gasteiger partial charge in [-0.2, -0.15) is 0 Å². The van der Waals surface area contributed by atoms with Crippen molar-refractivity contribution in [1.82, 2.24) is 24.8 Å². The number of ether oxygens (including phenoxy) is 1. The van der Waals surface area contributed by atoms with Crippen LogP contribution in [0.15, 0.2) is 35.7 Å². The maximum atomic E-state index is 12.6. The van der Waals surface area contributed by atoms with E-state index in [9.17, 15) is 9.59 Å². The molecule has 0 saturated heterocycles. The number of anilines is 1. The molecule has 0 aliphatic carbocycles. The molecule has 11 nitrogen and oxygen atoms in total. The van der Waals surface area contributed by atoms with Gasteiger partial charge in [-0.05, 0) is 33.2 Å². The van der Waals surface area contributed by atoms with Crippen LogP contribution in [0.2, 0.25) is 0 Å². The fraction of sp³-hybridized carbons (Fsp3) is 0.400. The lowest BCUT2D eigenvalue weighted by molar-refractivity contribution is -0.128. The molecule has 0 saturated carbocycles. The van der Waals surface area contributed by atoms with E-state index in [0.29, 0.717) is 23.9 Å². The summed E-state index contributed by atoms with van der Waals surface area (Å²) in [6.07, 6.45) is 4.42. The summed E-state index contributed by atoms with van der Waals surface area (Å²) in [6, 6.07) is 3.31. The number of hydrogen-bond donors (Lipinski definition) is 2. The first kappa shape index (κ1) is 22.1. The van der Waals surface area contributed by atoms with E-state index in [0.717, 1.165) is 6.54 Å². The molecule has 2 aromatic heterocycles. The van der Waals surface area contributed by atoms with Crippen molar-refractivity contribution in [3.63, 3.8) is 0 Å². The summed E-state index contributed by atoms with van der Waals surface area (Å²) >= 11 is 0. The zero-order valence-corrected chi connectivity index (χ0v) is 18.0. The molecule has 31 heavy (non-hydrogen) atoms. The molecule has 1 aliphatic heterocycles. The summed E-state index contributed by atoms with van der Waals surface area (Å²) in [7, 11) is 5.46. The maximum absolute atomic E-state index is 12.6. The monoisotopic (exact) mass is 426 g/mol. The number of rotatable bonds is 7. The normalized spacial score (nSPS) is 18.7. The van der Waals surface area contributed by atoms with Crippen LogP contribution in [0.1, 0.15) is 29.5 Å². The lowest BCUT2D eigenvalue weighted by Crippen LogP contribution is -2.47. The van der Waals surface area contributed by atoms with Crippen molar-refractivity contribution in [2.75, 3.05) is 39.6 Å². The molecule has 1 unspecified atom stereocenters. The van der Waals surface area contributed by atoms with Gasteiger partial charge in [-0.3, -0.25) is 19.5 Å². The fourth-order valence-corrected chi connectivity index (χ4v) is 2.89. The van der Waals surface area contributed by atoms with Crippen LogP contribution in [0.5, 0.6) is 5.88 Å². The molecule has 164 valence electrons. The first-order chi connectivity index (χ1) is 14.7. The highest BCUT2D eigenvalue weighted by Crippen LogP contribution is 2.32. The number of nitrogens with zero attached hydrogens (tertiary/aromatic N) is 6. The van der Waals surface area contributed by atoms with Crippen molar-refractivity contribution in [3.05, 3.63) is 42.1 Å². The average Bonchev–Trinajstić information content (AvgIpc) is 2.72. The Bertz CT molecular complexity index is 992. The standard InChI is InChI=1S/C20H26N8O3/c1-20(10-17(29)28(4)19(21)26-20)15-9-13(5-6-22-15)25-18(30)14-11-24-16(12-23-14)31-8-7-27(2)3/h5-6,9,11-12H,7-8,10H2,1-4H3,(H2,21,26)(H,22,25,30). The van der Waals surface area contributed by atoms with Crippen molar-refractivity contribution in [1.29, 1.82) is 0 Å². The molecule has 0 spiro atoms. The number of guanidine groups is 1. The highest BCUT2D eigenvalue weighted by atomic mass is 16.5. The Morgan fingerprint density at radius 3 is 2.74 bits per heavy atom. The van der Waals surface area contributed by atoms with Crippen LogP contribution in [0.4, 0.5) is 5.69 Å². The Morgan fingerprint density at radius 1 is 1.32 bits per heavy atom. The molecular formula is C20H26N8O3. The number of aliphatic imine (C=N–C) groups is 1. The first-order valence-electron chi connectivity index (χ1n) is 9.67. The minimum absolute atomic E-state index is 0.120. The van der Waals surface area contributed by atoms with E-state index in [2.05, 4.69) is 25.3 Å². The molecule has 2 amide bonds. The molecule has 11 heteroatoms. The van der Waals surface area contributed by atoms with Crippen molar-refractivity contribution in [3.8, 4) is 5.88 Å². The maximum Gasteiger partial charge on any atom is 0.275 e. The number of nitrogens with one attached hydrogen (secondary N) is 1. The topological polar surface area (TPSA) is 139 Å². The first-order valence-corrected chi connectivity index (χ1v) is 9.67. The van der Waals surface area contributed by atoms with Crippen LogP contribution >= 0.6 is 0 Å². The predicted molar refractivity (Wildman–Crippen MR) is 115 cm³/mol. The van der Waals surface area contributed by atoms with Crippen molar-refractivity contribution in [2.24, 2.45) is 10.7 Å². The van der Waals surface area contributed by atoms with Gasteiger partial charge in [0.2, 0.25) is 11.8 Å². The largest absolute Gasteiger partial charge is 0.475 e. The SMILES string of the molecule is CN(C)CCOc1cnc(C(=O)Nc2ccnc(C3(C)CC(=O)N(C)C(N)=N3)c2)cn1. The van der Waals surface area contributed by atoms with Gasteiger partial charge >= 0.3 is 0 Å².